The molecule has 2 N–H and O–H groups in total. The highest BCUT2D eigenvalue weighted by Crippen LogP contribution is 2.24. The van der Waals surface area contributed by atoms with Gasteiger partial charge in [-0.1, -0.05) is 0 Å². The first kappa shape index (κ1) is 16.8. The van der Waals surface area contributed by atoms with Crippen LogP contribution >= 0.6 is 0 Å². The molecule has 3 heterocycles. The molecule has 1 aliphatic heterocycles. The second-order valence-corrected chi connectivity index (χ2v) is 6.70. The van der Waals surface area contributed by atoms with Crippen LogP contribution in [0.5, 0.6) is 0 Å². The van der Waals surface area contributed by atoms with Gasteiger partial charge in [0.05, 0.1) is 12.7 Å². The number of aryl methyl sites for hydroxylation is 2. The summed E-state index contributed by atoms with van der Waals surface area (Å²) in [4.78, 5) is 30.7. The number of rotatable bonds is 4. The summed E-state index contributed by atoms with van der Waals surface area (Å²) in [6.45, 7) is 1.88. The van der Waals surface area contributed by atoms with Gasteiger partial charge in [0.25, 0.3) is 11.5 Å². The Hall–Kier alpha value is -2.68. The fourth-order valence-electron chi connectivity index (χ4n) is 3.50. The van der Waals surface area contributed by atoms with Crippen molar-refractivity contribution in [2.75, 3.05) is 31.6 Å². The first-order valence-electron chi connectivity index (χ1n) is 8.86. The van der Waals surface area contributed by atoms with Gasteiger partial charge in [0.15, 0.2) is 11.5 Å². The molecule has 2 aliphatic rings. The third kappa shape index (κ3) is 3.10. The molecule has 1 fully saturated rings. The van der Waals surface area contributed by atoms with Crippen LogP contribution in [-0.2, 0) is 24.6 Å². The van der Waals surface area contributed by atoms with Crippen molar-refractivity contribution < 1.29 is 9.53 Å². The Bertz CT molecular complexity index is 874. The van der Waals surface area contributed by atoms with Crippen molar-refractivity contribution in [1.82, 2.24) is 24.6 Å². The molecule has 4 rings (SSSR count). The fraction of sp³-hybridized carbons (Fsp3) is 0.529. The summed E-state index contributed by atoms with van der Waals surface area (Å²) in [6.07, 6.45) is 5.91. The Kier molecular flexibility index (Phi) is 4.46. The molecule has 2 aromatic heterocycles. The van der Waals surface area contributed by atoms with Gasteiger partial charge in [-0.2, -0.15) is 5.10 Å². The zero-order valence-electron chi connectivity index (χ0n) is 14.7. The van der Waals surface area contributed by atoms with Crippen LogP contribution in [0.15, 0.2) is 17.2 Å². The number of hydrogen-bond donors (Lipinski definition) is 2. The van der Waals surface area contributed by atoms with Crippen LogP contribution < -0.4 is 10.9 Å². The average Bonchev–Trinajstić information content (AvgIpc) is 3.26. The van der Waals surface area contributed by atoms with Crippen molar-refractivity contribution in [3.8, 4) is 0 Å². The maximum atomic E-state index is 12.8. The van der Waals surface area contributed by atoms with E-state index in [0.717, 1.165) is 30.5 Å². The predicted molar refractivity (Wildman–Crippen MR) is 94.2 cm³/mol. The molecule has 9 heteroatoms. The third-order valence-electron chi connectivity index (χ3n) is 4.95. The average molecular weight is 358 g/mol. The Labute approximate surface area is 150 Å². The molecule has 138 valence electrons. The molecule has 9 nitrogen and oxygen atoms in total. The molecule has 1 amide bonds. The maximum absolute atomic E-state index is 12.8. The molecule has 26 heavy (non-hydrogen) atoms. The van der Waals surface area contributed by atoms with Gasteiger partial charge in [0, 0.05) is 50.3 Å². The van der Waals surface area contributed by atoms with Crippen molar-refractivity contribution in [2.24, 2.45) is 7.05 Å². The molecule has 0 aromatic carbocycles. The number of nitrogens with one attached hydrogen (secondary N) is 2. The van der Waals surface area contributed by atoms with Crippen LogP contribution in [0, 0.1) is 0 Å². The zero-order chi connectivity index (χ0) is 18.1. The largest absolute Gasteiger partial charge is 0.373 e. The number of hydrogen-bond acceptors (Lipinski definition) is 6. The molecular weight excluding hydrogens is 336 g/mol. The number of aromatic nitrogens is 4. The van der Waals surface area contributed by atoms with E-state index >= 15 is 0 Å². The number of H-pyrrole nitrogens is 1. The molecule has 0 saturated carbocycles. The molecular formula is C17H22N6O3. The second kappa shape index (κ2) is 6.91. The number of nitrogens with zero attached hydrogens (tertiary/aromatic N) is 4. The topological polar surface area (TPSA) is 105 Å². The second-order valence-electron chi connectivity index (χ2n) is 6.70. The molecule has 0 spiro atoms. The molecule has 1 saturated heterocycles. The van der Waals surface area contributed by atoms with Crippen LogP contribution in [-0.4, -0.2) is 62.9 Å². The number of fused-ring (bicyclic) bond motifs is 1. The number of morpholine rings is 1. The lowest BCUT2D eigenvalue weighted by molar-refractivity contribution is -0.0152. The summed E-state index contributed by atoms with van der Waals surface area (Å²) < 4.78 is 7.20. The van der Waals surface area contributed by atoms with Crippen LogP contribution in [0.3, 0.4) is 0 Å². The lowest BCUT2D eigenvalue weighted by Gasteiger charge is -2.32. The monoisotopic (exact) mass is 358 g/mol. The summed E-state index contributed by atoms with van der Waals surface area (Å²) in [5.41, 5.74) is 2.51. The summed E-state index contributed by atoms with van der Waals surface area (Å²) in [6, 6.07) is 0. The standard InChI is InChI=1S/C17H22N6O3/c1-22-6-5-18-15(17(22)25)19-9-11-10-23(7-8-26-11)16(24)14-12-3-2-4-13(12)20-21-14/h5-6,11H,2-4,7-10H2,1H3,(H,18,19)(H,20,21)/t11-/m0/s1. The van der Waals surface area contributed by atoms with Crippen LogP contribution in [0.2, 0.25) is 0 Å². The van der Waals surface area contributed by atoms with E-state index in [1.165, 1.54) is 4.57 Å². The predicted octanol–water partition coefficient (Wildman–Crippen LogP) is -0.0548. The quantitative estimate of drug-likeness (QED) is 0.794. The minimum Gasteiger partial charge on any atom is -0.373 e. The van der Waals surface area contributed by atoms with E-state index < -0.39 is 0 Å². The minimum atomic E-state index is -0.202. The number of ether oxygens (including phenoxy) is 1. The van der Waals surface area contributed by atoms with Crippen LogP contribution in [0.4, 0.5) is 5.82 Å². The van der Waals surface area contributed by atoms with Gasteiger partial charge in [-0.05, 0) is 19.3 Å². The Morgan fingerprint density at radius 1 is 1.46 bits per heavy atom. The van der Waals surface area contributed by atoms with E-state index in [1.54, 1.807) is 24.3 Å². The highest BCUT2D eigenvalue weighted by Gasteiger charge is 2.30. The van der Waals surface area contributed by atoms with Gasteiger partial charge in [-0.3, -0.25) is 14.7 Å². The van der Waals surface area contributed by atoms with Crippen molar-refractivity contribution in [3.05, 3.63) is 39.7 Å². The Balaban J connectivity index is 1.40. The smallest absolute Gasteiger partial charge is 0.293 e. The summed E-state index contributed by atoms with van der Waals surface area (Å²) in [5.74, 6) is 0.235. The molecule has 0 radical (unpaired) electrons. The summed E-state index contributed by atoms with van der Waals surface area (Å²) >= 11 is 0. The fourth-order valence-corrected chi connectivity index (χ4v) is 3.50. The van der Waals surface area contributed by atoms with E-state index in [4.69, 9.17) is 4.74 Å². The lowest BCUT2D eigenvalue weighted by atomic mass is 10.1. The maximum Gasteiger partial charge on any atom is 0.293 e. The number of carbonyl (C=O) groups excluding carboxylic acids is 1. The van der Waals surface area contributed by atoms with E-state index in [0.29, 0.717) is 31.9 Å². The van der Waals surface area contributed by atoms with Gasteiger partial charge in [-0.15, -0.1) is 0 Å². The molecule has 1 atom stereocenters. The van der Waals surface area contributed by atoms with Gasteiger partial charge in [-0.25, -0.2) is 4.98 Å². The molecule has 2 aromatic rings. The van der Waals surface area contributed by atoms with E-state index in [-0.39, 0.29) is 23.4 Å². The van der Waals surface area contributed by atoms with Gasteiger partial charge in [0.2, 0.25) is 0 Å². The number of anilines is 1. The normalized spacial score (nSPS) is 19.4. The van der Waals surface area contributed by atoms with Crippen LogP contribution in [0.1, 0.15) is 28.2 Å². The first-order chi connectivity index (χ1) is 12.6. The number of amides is 1. The van der Waals surface area contributed by atoms with Crippen molar-refractivity contribution in [3.63, 3.8) is 0 Å². The van der Waals surface area contributed by atoms with Crippen molar-refractivity contribution >= 4 is 11.7 Å². The number of carbonyl (C=O) groups is 1. The SMILES string of the molecule is Cn1ccnc(NC[C@H]2CN(C(=O)c3n[nH]c4c3CCC4)CCO2)c1=O. The van der Waals surface area contributed by atoms with Crippen molar-refractivity contribution in [1.29, 1.82) is 0 Å². The van der Waals surface area contributed by atoms with Gasteiger partial charge >= 0.3 is 0 Å². The van der Waals surface area contributed by atoms with Gasteiger partial charge in [0.1, 0.15) is 0 Å². The summed E-state index contributed by atoms with van der Waals surface area (Å²) in [5, 5.41) is 10.2. The molecule has 0 unspecified atom stereocenters. The summed E-state index contributed by atoms with van der Waals surface area (Å²) in [7, 11) is 1.68. The zero-order valence-corrected chi connectivity index (χ0v) is 14.7. The lowest BCUT2D eigenvalue weighted by Crippen LogP contribution is -2.48. The highest BCUT2D eigenvalue weighted by atomic mass is 16.5. The highest BCUT2D eigenvalue weighted by molar-refractivity contribution is 5.94. The van der Waals surface area contributed by atoms with E-state index in [1.807, 2.05) is 0 Å². The van der Waals surface area contributed by atoms with E-state index in [9.17, 15) is 9.59 Å². The van der Waals surface area contributed by atoms with Crippen LogP contribution in [0.25, 0.3) is 0 Å². The van der Waals surface area contributed by atoms with Gasteiger partial charge < -0.3 is 19.5 Å². The molecule has 0 bridgehead atoms. The Morgan fingerprint density at radius 3 is 3.23 bits per heavy atom. The Morgan fingerprint density at radius 2 is 2.35 bits per heavy atom. The number of aromatic amines is 1. The molecule has 1 aliphatic carbocycles. The third-order valence-corrected chi connectivity index (χ3v) is 4.95. The van der Waals surface area contributed by atoms with E-state index in [2.05, 4.69) is 20.5 Å². The minimum absolute atomic E-state index is 0.0496. The first-order valence-corrected chi connectivity index (χ1v) is 8.86. The van der Waals surface area contributed by atoms with Crippen molar-refractivity contribution in [2.45, 2.75) is 25.4 Å².